The van der Waals surface area contributed by atoms with Crippen molar-refractivity contribution in [2.45, 2.75) is 37.3 Å². The number of methoxy groups -OCH3 is 1. The molecular formula is C7H12F2INO. The van der Waals surface area contributed by atoms with Gasteiger partial charge in [0.2, 0.25) is 0 Å². The minimum absolute atomic E-state index is 0.0342. The van der Waals surface area contributed by atoms with Gasteiger partial charge in [0.05, 0.1) is 6.10 Å². The lowest BCUT2D eigenvalue weighted by molar-refractivity contribution is -0.0947. The van der Waals surface area contributed by atoms with Crippen molar-refractivity contribution in [3.63, 3.8) is 0 Å². The molecule has 0 aromatic rings. The molecule has 0 radical (unpaired) electrons. The first-order valence-electron chi connectivity index (χ1n) is 3.86. The van der Waals surface area contributed by atoms with Gasteiger partial charge in [0.15, 0.2) is 0 Å². The molecule has 0 aromatic heterocycles. The van der Waals surface area contributed by atoms with Crippen LogP contribution < -0.4 is 3.53 Å². The summed E-state index contributed by atoms with van der Waals surface area (Å²) in [4.78, 5) is 0. The van der Waals surface area contributed by atoms with Gasteiger partial charge in [-0.3, -0.25) is 3.53 Å². The Bertz CT molecular complexity index is 156. The van der Waals surface area contributed by atoms with E-state index in [1.54, 1.807) is 0 Å². The lowest BCUT2D eigenvalue weighted by Gasteiger charge is -2.34. The summed E-state index contributed by atoms with van der Waals surface area (Å²) in [6.07, 6.45) is -0.0720. The van der Waals surface area contributed by atoms with Gasteiger partial charge in [0.25, 0.3) is 5.92 Å². The van der Waals surface area contributed by atoms with E-state index in [-0.39, 0.29) is 25.0 Å². The van der Waals surface area contributed by atoms with Crippen LogP contribution in [-0.2, 0) is 4.74 Å². The summed E-state index contributed by atoms with van der Waals surface area (Å²) in [6.45, 7) is 0. The fourth-order valence-corrected chi connectivity index (χ4v) is 2.18. The molecule has 1 aliphatic rings. The van der Waals surface area contributed by atoms with Crippen LogP contribution in [0.25, 0.3) is 0 Å². The van der Waals surface area contributed by atoms with Crippen molar-refractivity contribution < 1.29 is 13.5 Å². The Hall–Kier alpha value is 0.510. The molecule has 1 saturated carbocycles. The molecule has 1 aliphatic carbocycles. The van der Waals surface area contributed by atoms with Crippen LogP contribution in [0.3, 0.4) is 0 Å². The molecule has 0 heterocycles. The van der Waals surface area contributed by atoms with Crippen LogP contribution in [0.5, 0.6) is 0 Å². The molecule has 0 spiro atoms. The largest absolute Gasteiger partial charge is 0.380 e. The Morgan fingerprint density at radius 1 is 1.58 bits per heavy atom. The zero-order chi connectivity index (χ0) is 9.19. The second-order valence-electron chi connectivity index (χ2n) is 3.09. The van der Waals surface area contributed by atoms with Gasteiger partial charge in [-0.05, 0) is 6.42 Å². The molecule has 72 valence electrons. The standard InChI is InChI=1S/C7H12F2INO/c1-12-6-4-7(8,9)3-2-5(6)11-10/h5-6,11H,2-4H2,1H3. The molecule has 12 heavy (non-hydrogen) atoms. The Kier molecular flexibility index (Phi) is 3.66. The Balaban J connectivity index is 2.53. The fourth-order valence-electron chi connectivity index (χ4n) is 1.46. The zero-order valence-corrected chi connectivity index (χ0v) is 8.98. The molecule has 0 amide bonds. The fraction of sp³-hybridized carbons (Fsp3) is 1.00. The first-order chi connectivity index (χ1) is 5.59. The highest BCUT2D eigenvalue weighted by Crippen LogP contribution is 2.34. The Labute approximate surface area is 84.5 Å². The molecule has 0 bridgehead atoms. The molecule has 2 atom stereocenters. The summed E-state index contributed by atoms with van der Waals surface area (Å²) in [5.41, 5.74) is 0. The molecule has 2 nitrogen and oxygen atoms in total. The lowest BCUT2D eigenvalue weighted by Crippen LogP contribution is -2.45. The topological polar surface area (TPSA) is 21.3 Å². The summed E-state index contributed by atoms with van der Waals surface area (Å²) < 4.78 is 33.6. The quantitative estimate of drug-likeness (QED) is 0.621. The molecule has 2 unspecified atom stereocenters. The van der Waals surface area contributed by atoms with E-state index in [0.717, 1.165) is 0 Å². The average Bonchev–Trinajstić information content (AvgIpc) is 2.03. The monoisotopic (exact) mass is 291 g/mol. The second kappa shape index (κ2) is 4.15. The van der Waals surface area contributed by atoms with E-state index in [4.69, 9.17) is 4.74 Å². The van der Waals surface area contributed by atoms with Crippen molar-refractivity contribution >= 4 is 22.9 Å². The summed E-state index contributed by atoms with van der Waals surface area (Å²) in [5, 5.41) is 0. The van der Waals surface area contributed by atoms with Crippen molar-refractivity contribution in [2.24, 2.45) is 0 Å². The van der Waals surface area contributed by atoms with E-state index in [9.17, 15) is 8.78 Å². The summed E-state index contributed by atoms with van der Waals surface area (Å²) in [6, 6.07) is 0.0650. The van der Waals surface area contributed by atoms with Crippen LogP contribution >= 0.6 is 22.9 Å². The summed E-state index contributed by atoms with van der Waals surface area (Å²) in [5.74, 6) is -2.54. The maximum Gasteiger partial charge on any atom is 0.250 e. The normalized spacial score (nSPS) is 35.0. The predicted octanol–water partition coefficient (Wildman–Crippen LogP) is 2.13. The van der Waals surface area contributed by atoms with Gasteiger partial charge >= 0.3 is 0 Å². The van der Waals surface area contributed by atoms with Gasteiger partial charge in [-0.15, -0.1) is 0 Å². The zero-order valence-electron chi connectivity index (χ0n) is 6.82. The number of hydrogen-bond donors (Lipinski definition) is 1. The van der Waals surface area contributed by atoms with E-state index in [1.807, 2.05) is 22.9 Å². The van der Waals surface area contributed by atoms with E-state index in [0.29, 0.717) is 6.42 Å². The number of nitrogens with one attached hydrogen (secondary N) is 1. The van der Waals surface area contributed by atoms with E-state index >= 15 is 0 Å². The third kappa shape index (κ3) is 2.50. The van der Waals surface area contributed by atoms with Crippen molar-refractivity contribution in [3.8, 4) is 0 Å². The third-order valence-corrected chi connectivity index (χ3v) is 3.01. The first-order valence-corrected chi connectivity index (χ1v) is 4.94. The SMILES string of the molecule is COC1CC(F)(F)CCC1NI. The number of halogens is 3. The summed E-state index contributed by atoms with van der Waals surface area (Å²) >= 11 is 1.98. The molecular weight excluding hydrogens is 279 g/mol. The van der Waals surface area contributed by atoms with Crippen molar-refractivity contribution in [3.05, 3.63) is 0 Å². The average molecular weight is 291 g/mol. The molecule has 1 fully saturated rings. The van der Waals surface area contributed by atoms with E-state index < -0.39 is 5.92 Å². The van der Waals surface area contributed by atoms with Crippen molar-refractivity contribution in [1.82, 2.24) is 3.53 Å². The highest BCUT2D eigenvalue weighted by Gasteiger charge is 2.41. The molecule has 5 heteroatoms. The number of ether oxygens (including phenoxy) is 1. The smallest absolute Gasteiger partial charge is 0.250 e. The van der Waals surface area contributed by atoms with Gasteiger partial charge in [-0.2, -0.15) is 0 Å². The highest BCUT2D eigenvalue weighted by molar-refractivity contribution is 14.1. The van der Waals surface area contributed by atoms with Gasteiger partial charge in [0, 0.05) is 48.9 Å². The van der Waals surface area contributed by atoms with E-state index in [2.05, 4.69) is 3.53 Å². The van der Waals surface area contributed by atoms with Gasteiger partial charge < -0.3 is 4.74 Å². The van der Waals surface area contributed by atoms with Crippen molar-refractivity contribution in [1.29, 1.82) is 0 Å². The number of alkyl halides is 2. The van der Waals surface area contributed by atoms with Gasteiger partial charge in [-0.1, -0.05) is 0 Å². The molecule has 0 saturated heterocycles. The predicted molar refractivity (Wildman–Crippen MR) is 50.5 cm³/mol. The van der Waals surface area contributed by atoms with E-state index in [1.165, 1.54) is 7.11 Å². The summed E-state index contributed by atoms with van der Waals surface area (Å²) in [7, 11) is 1.48. The first kappa shape index (κ1) is 10.6. The molecule has 0 aromatic carbocycles. The highest BCUT2D eigenvalue weighted by atomic mass is 127. The number of hydrogen-bond acceptors (Lipinski definition) is 2. The third-order valence-electron chi connectivity index (χ3n) is 2.21. The van der Waals surface area contributed by atoms with Gasteiger partial charge in [-0.25, -0.2) is 8.78 Å². The van der Waals surface area contributed by atoms with Crippen LogP contribution in [0.1, 0.15) is 19.3 Å². The second-order valence-corrected chi connectivity index (χ2v) is 3.71. The van der Waals surface area contributed by atoms with Gasteiger partial charge in [0.1, 0.15) is 0 Å². The maximum absolute atomic E-state index is 12.8. The van der Waals surface area contributed by atoms with Crippen LogP contribution in [0.15, 0.2) is 0 Å². The van der Waals surface area contributed by atoms with Crippen LogP contribution in [-0.4, -0.2) is 25.2 Å². The lowest BCUT2D eigenvalue weighted by atomic mass is 9.90. The van der Waals surface area contributed by atoms with Crippen LogP contribution in [0, 0.1) is 0 Å². The minimum Gasteiger partial charge on any atom is -0.380 e. The molecule has 1 rings (SSSR count). The molecule has 1 N–H and O–H groups in total. The molecule has 0 aliphatic heterocycles. The van der Waals surface area contributed by atoms with Crippen LogP contribution in [0.4, 0.5) is 8.78 Å². The Morgan fingerprint density at radius 2 is 2.25 bits per heavy atom. The minimum atomic E-state index is -2.54. The maximum atomic E-state index is 12.8. The van der Waals surface area contributed by atoms with Crippen LogP contribution in [0.2, 0.25) is 0 Å². The number of rotatable bonds is 2. The Morgan fingerprint density at radius 3 is 2.75 bits per heavy atom. The van der Waals surface area contributed by atoms with Crippen molar-refractivity contribution in [2.75, 3.05) is 7.11 Å².